The Morgan fingerprint density at radius 3 is 1.46 bits per heavy atom. The zero-order valence-electron chi connectivity index (χ0n) is 21.5. The minimum atomic E-state index is 0. The van der Waals surface area contributed by atoms with Crippen molar-refractivity contribution in [3.8, 4) is 17.2 Å². The Morgan fingerprint density at radius 1 is 0.629 bits per heavy atom. The molecule has 3 aromatic rings. The molecule has 0 aliphatic carbocycles. The average molecular weight is 496 g/mol. The van der Waals surface area contributed by atoms with Crippen LogP contribution in [0.2, 0.25) is 0 Å². The highest BCUT2D eigenvalue weighted by Gasteiger charge is 2.14. The van der Waals surface area contributed by atoms with Gasteiger partial charge in [0.05, 0.1) is 14.2 Å². The maximum absolute atomic E-state index is 6.02. The highest BCUT2D eigenvalue weighted by molar-refractivity contribution is 5.98. The van der Waals surface area contributed by atoms with E-state index in [-0.39, 0.29) is 12.4 Å². The van der Waals surface area contributed by atoms with Crippen LogP contribution < -0.4 is 14.2 Å². The Morgan fingerprint density at radius 2 is 1.06 bits per heavy atom. The molecule has 3 rings (SSSR count). The van der Waals surface area contributed by atoms with E-state index < -0.39 is 0 Å². The molecule has 35 heavy (non-hydrogen) atoms. The molecule has 0 aromatic heterocycles. The minimum Gasteiger partial charge on any atom is -0.497 e. The number of likely N-dealkylation sites (N-methyl/N-ethyl adjacent to an activating group) is 1. The molecule has 0 aliphatic heterocycles. The SMILES string of the molecule is CC/C(=C(/c1ccc(OC)cc1)c1ccc(OCCN(CC)CC)cc1)c1ccc(OC)cc1.Cl. The van der Waals surface area contributed by atoms with Crippen LogP contribution in [0, 0.1) is 0 Å². The molecule has 0 saturated carbocycles. The summed E-state index contributed by atoms with van der Waals surface area (Å²) in [6.07, 6.45) is 0.899. The van der Waals surface area contributed by atoms with E-state index in [0.717, 1.165) is 54.4 Å². The number of hydrogen-bond donors (Lipinski definition) is 0. The molecule has 0 aliphatic rings. The minimum absolute atomic E-state index is 0. The van der Waals surface area contributed by atoms with E-state index in [9.17, 15) is 0 Å². The molecule has 0 atom stereocenters. The monoisotopic (exact) mass is 495 g/mol. The Balaban J connectivity index is 0.00000432. The van der Waals surface area contributed by atoms with Gasteiger partial charge in [0.25, 0.3) is 0 Å². The zero-order chi connectivity index (χ0) is 24.3. The lowest BCUT2D eigenvalue weighted by Gasteiger charge is -2.19. The van der Waals surface area contributed by atoms with Crippen molar-refractivity contribution >= 4 is 23.6 Å². The van der Waals surface area contributed by atoms with Crippen molar-refractivity contribution in [2.75, 3.05) is 40.5 Å². The molecule has 3 aromatic carbocycles. The Labute approximate surface area is 216 Å². The number of allylic oxidation sites excluding steroid dienone is 1. The largest absolute Gasteiger partial charge is 0.497 e. The van der Waals surface area contributed by atoms with Gasteiger partial charge >= 0.3 is 0 Å². The standard InChI is InChI=1S/C30H37NO3.ClH/c1-6-29(23-9-15-26(32-4)16-10-23)30(24-11-17-27(33-5)18-12-24)25-13-19-28(20-14-25)34-22-21-31(7-2)8-3;/h9-20H,6-8,21-22H2,1-5H3;1H/b30-29+;. The van der Waals surface area contributed by atoms with Gasteiger partial charge in [-0.05, 0) is 83.7 Å². The molecule has 0 N–H and O–H groups in total. The first-order valence-electron chi connectivity index (χ1n) is 12.1. The Bertz CT molecular complexity index is 1040. The van der Waals surface area contributed by atoms with Crippen molar-refractivity contribution in [3.05, 3.63) is 89.5 Å². The van der Waals surface area contributed by atoms with E-state index in [0.29, 0.717) is 6.61 Å². The van der Waals surface area contributed by atoms with Gasteiger partial charge in [-0.1, -0.05) is 57.2 Å². The molecular weight excluding hydrogens is 458 g/mol. The van der Waals surface area contributed by atoms with Gasteiger partial charge in [-0.3, -0.25) is 0 Å². The number of benzene rings is 3. The summed E-state index contributed by atoms with van der Waals surface area (Å²) >= 11 is 0. The van der Waals surface area contributed by atoms with Crippen molar-refractivity contribution < 1.29 is 14.2 Å². The predicted molar refractivity (Wildman–Crippen MR) is 149 cm³/mol. The number of nitrogens with zero attached hydrogens (tertiary/aromatic N) is 1. The molecule has 0 amide bonds. The third kappa shape index (κ3) is 7.51. The van der Waals surface area contributed by atoms with Gasteiger partial charge in [0.1, 0.15) is 23.9 Å². The van der Waals surface area contributed by atoms with Crippen LogP contribution in [0.5, 0.6) is 17.2 Å². The summed E-state index contributed by atoms with van der Waals surface area (Å²) < 4.78 is 16.8. The quantitative estimate of drug-likeness (QED) is 0.248. The lowest BCUT2D eigenvalue weighted by atomic mass is 9.88. The molecule has 0 heterocycles. The summed E-state index contributed by atoms with van der Waals surface area (Å²) in [6.45, 7) is 10.3. The maximum atomic E-state index is 6.02. The lowest BCUT2D eigenvalue weighted by Crippen LogP contribution is -2.27. The van der Waals surface area contributed by atoms with Crippen LogP contribution in [-0.4, -0.2) is 45.4 Å². The predicted octanol–water partition coefficient (Wildman–Crippen LogP) is 7.22. The topological polar surface area (TPSA) is 30.9 Å². The van der Waals surface area contributed by atoms with Gasteiger partial charge in [0, 0.05) is 6.54 Å². The summed E-state index contributed by atoms with van der Waals surface area (Å²) in [6, 6.07) is 25.0. The zero-order valence-corrected chi connectivity index (χ0v) is 22.4. The van der Waals surface area contributed by atoms with Crippen molar-refractivity contribution in [3.63, 3.8) is 0 Å². The van der Waals surface area contributed by atoms with E-state index in [1.807, 2.05) is 24.3 Å². The first kappa shape index (κ1) is 28.3. The van der Waals surface area contributed by atoms with Crippen molar-refractivity contribution in [1.82, 2.24) is 4.90 Å². The van der Waals surface area contributed by atoms with E-state index in [4.69, 9.17) is 14.2 Å². The fraction of sp³-hybridized carbons (Fsp3) is 0.333. The third-order valence-electron chi connectivity index (χ3n) is 6.19. The van der Waals surface area contributed by atoms with Gasteiger partial charge in [-0.15, -0.1) is 12.4 Å². The Kier molecular flexibility index (Phi) is 11.7. The van der Waals surface area contributed by atoms with Gasteiger partial charge in [0.15, 0.2) is 0 Å². The van der Waals surface area contributed by atoms with E-state index in [2.05, 4.69) is 74.2 Å². The Hall–Kier alpha value is -2.95. The van der Waals surface area contributed by atoms with Crippen molar-refractivity contribution in [2.45, 2.75) is 27.2 Å². The van der Waals surface area contributed by atoms with Crippen LogP contribution >= 0.6 is 12.4 Å². The molecule has 0 saturated heterocycles. The van der Waals surface area contributed by atoms with Crippen LogP contribution in [-0.2, 0) is 0 Å². The first-order valence-corrected chi connectivity index (χ1v) is 12.1. The van der Waals surface area contributed by atoms with E-state index in [1.165, 1.54) is 16.7 Å². The van der Waals surface area contributed by atoms with Crippen LogP contribution in [0.25, 0.3) is 11.1 Å². The molecule has 0 fully saturated rings. The highest BCUT2D eigenvalue weighted by Crippen LogP contribution is 2.36. The van der Waals surface area contributed by atoms with Gasteiger partial charge < -0.3 is 19.1 Å². The van der Waals surface area contributed by atoms with Gasteiger partial charge in [-0.2, -0.15) is 0 Å². The molecule has 4 nitrogen and oxygen atoms in total. The van der Waals surface area contributed by atoms with Crippen LogP contribution in [0.3, 0.4) is 0 Å². The summed E-state index contributed by atoms with van der Waals surface area (Å²) in [5.74, 6) is 2.60. The second-order valence-electron chi connectivity index (χ2n) is 8.06. The van der Waals surface area contributed by atoms with Crippen molar-refractivity contribution in [2.24, 2.45) is 0 Å². The maximum Gasteiger partial charge on any atom is 0.119 e. The smallest absolute Gasteiger partial charge is 0.119 e. The fourth-order valence-corrected chi connectivity index (χ4v) is 4.14. The second kappa shape index (κ2) is 14.4. The summed E-state index contributed by atoms with van der Waals surface area (Å²) in [4.78, 5) is 2.36. The number of rotatable bonds is 12. The number of halogens is 1. The van der Waals surface area contributed by atoms with Crippen LogP contribution in [0.15, 0.2) is 72.8 Å². The average Bonchev–Trinajstić information content (AvgIpc) is 2.90. The molecule has 0 radical (unpaired) electrons. The fourth-order valence-electron chi connectivity index (χ4n) is 4.14. The summed E-state index contributed by atoms with van der Waals surface area (Å²) in [5.41, 5.74) is 6.00. The van der Waals surface area contributed by atoms with Crippen molar-refractivity contribution in [1.29, 1.82) is 0 Å². The highest BCUT2D eigenvalue weighted by atomic mass is 35.5. The van der Waals surface area contributed by atoms with E-state index >= 15 is 0 Å². The lowest BCUT2D eigenvalue weighted by molar-refractivity contribution is 0.223. The third-order valence-corrected chi connectivity index (χ3v) is 6.19. The molecule has 0 unspecified atom stereocenters. The summed E-state index contributed by atoms with van der Waals surface area (Å²) in [5, 5.41) is 0. The van der Waals surface area contributed by atoms with Crippen LogP contribution in [0.4, 0.5) is 0 Å². The van der Waals surface area contributed by atoms with Gasteiger partial charge in [-0.25, -0.2) is 0 Å². The number of ether oxygens (including phenoxy) is 3. The number of methoxy groups -OCH3 is 2. The van der Waals surface area contributed by atoms with Crippen LogP contribution in [0.1, 0.15) is 43.9 Å². The first-order chi connectivity index (χ1) is 16.6. The molecule has 5 heteroatoms. The molecular formula is C30H38ClNO3. The summed E-state index contributed by atoms with van der Waals surface area (Å²) in [7, 11) is 3.39. The molecule has 188 valence electrons. The van der Waals surface area contributed by atoms with E-state index in [1.54, 1.807) is 14.2 Å². The normalized spacial score (nSPS) is 11.5. The second-order valence-corrected chi connectivity index (χ2v) is 8.06. The van der Waals surface area contributed by atoms with Gasteiger partial charge in [0.2, 0.25) is 0 Å². The molecule has 0 bridgehead atoms. The number of hydrogen-bond acceptors (Lipinski definition) is 4. The molecule has 0 spiro atoms.